The molecule has 0 aromatic heterocycles. The van der Waals surface area contributed by atoms with Crippen molar-refractivity contribution in [1.29, 1.82) is 5.26 Å². The van der Waals surface area contributed by atoms with Gasteiger partial charge in [-0.2, -0.15) is 5.26 Å². The van der Waals surface area contributed by atoms with E-state index in [-0.39, 0.29) is 17.4 Å². The van der Waals surface area contributed by atoms with Gasteiger partial charge in [0.1, 0.15) is 0 Å². The Kier molecular flexibility index (Phi) is 6.96. The van der Waals surface area contributed by atoms with Gasteiger partial charge in [0.25, 0.3) is 0 Å². The molecule has 0 aliphatic carbocycles. The number of nitrogens with one attached hydrogen (secondary N) is 1. The van der Waals surface area contributed by atoms with Crippen molar-refractivity contribution in [3.63, 3.8) is 0 Å². The van der Waals surface area contributed by atoms with Crippen LogP contribution in [-0.2, 0) is 10.2 Å². The molecule has 0 bridgehead atoms. The summed E-state index contributed by atoms with van der Waals surface area (Å²) >= 11 is 1.34. The van der Waals surface area contributed by atoms with Gasteiger partial charge in [0, 0.05) is 0 Å². The fraction of sp³-hybridized carbons (Fsp3) is 0.556. The van der Waals surface area contributed by atoms with Gasteiger partial charge >= 0.3 is 0 Å². The van der Waals surface area contributed by atoms with Crippen LogP contribution in [0.25, 0.3) is 0 Å². The van der Waals surface area contributed by atoms with Crippen LogP contribution in [0.15, 0.2) is 24.3 Å². The number of hydrogen-bond donors (Lipinski definition) is 1. The zero-order valence-corrected chi connectivity index (χ0v) is 15.0. The Labute approximate surface area is 138 Å². The van der Waals surface area contributed by atoms with E-state index in [1.165, 1.54) is 17.3 Å². The molecular formula is C18H26N2OS. The fourth-order valence-corrected chi connectivity index (χ4v) is 2.69. The molecule has 1 atom stereocenters. The second kappa shape index (κ2) is 8.24. The zero-order chi connectivity index (χ0) is 16.8. The third-order valence-corrected chi connectivity index (χ3v) is 4.32. The minimum atomic E-state index is -0.0150. The minimum Gasteiger partial charge on any atom is -0.348 e. The highest BCUT2D eigenvalue weighted by Crippen LogP contribution is 2.26. The standard InChI is InChI=1S/C18H26N2OS/c1-13(2)17(20-16(21)12-22-11-10-19)14-6-8-15(9-7-14)18(3,4)5/h6-9,13,17H,11-12H2,1-5H3,(H,20,21)/t17-/m0/s1. The minimum absolute atomic E-state index is 0.00389. The van der Waals surface area contributed by atoms with Crippen molar-refractivity contribution in [2.24, 2.45) is 5.92 Å². The van der Waals surface area contributed by atoms with Crippen LogP contribution >= 0.6 is 11.8 Å². The van der Waals surface area contributed by atoms with Gasteiger partial charge in [0.2, 0.25) is 5.91 Å². The number of nitriles is 1. The average molecular weight is 318 g/mol. The Morgan fingerprint density at radius 1 is 1.27 bits per heavy atom. The van der Waals surface area contributed by atoms with E-state index in [1.54, 1.807) is 0 Å². The Bertz CT molecular complexity index is 524. The van der Waals surface area contributed by atoms with Gasteiger partial charge in [-0.15, -0.1) is 11.8 Å². The van der Waals surface area contributed by atoms with Gasteiger partial charge in [-0.05, 0) is 22.5 Å². The first-order chi connectivity index (χ1) is 10.3. The highest BCUT2D eigenvalue weighted by molar-refractivity contribution is 8.00. The van der Waals surface area contributed by atoms with E-state index in [1.807, 2.05) is 6.07 Å². The van der Waals surface area contributed by atoms with Crippen molar-refractivity contribution in [2.75, 3.05) is 11.5 Å². The molecule has 120 valence electrons. The largest absolute Gasteiger partial charge is 0.348 e. The first kappa shape index (κ1) is 18.6. The van der Waals surface area contributed by atoms with Gasteiger partial charge in [-0.25, -0.2) is 0 Å². The van der Waals surface area contributed by atoms with Crippen LogP contribution < -0.4 is 5.32 Å². The lowest BCUT2D eigenvalue weighted by atomic mass is 9.85. The van der Waals surface area contributed by atoms with Crippen molar-refractivity contribution in [1.82, 2.24) is 5.32 Å². The molecule has 1 aromatic carbocycles. The number of nitrogens with zero attached hydrogens (tertiary/aromatic N) is 1. The molecule has 0 spiro atoms. The van der Waals surface area contributed by atoms with E-state index in [4.69, 9.17) is 5.26 Å². The third-order valence-electron chi connectivity index (χ3n) is 3.52. The van der Waals surface area contributed by atoms with Gasteiger partial charge in [-0.1, -0.05) is 58.9 Å². The first-order valence-electron chi connectivity index (χ1n) is 7.60. The van der Waals surface area contributed by atoms with Crippen molar-refractivity contribution in [2.45, 2.75) is 46.1 Å². The van der Waals surface area contributed by atoms with E-state index < -0.39 is 0 Å². The second-order valence-corrected chi connectivity index (χ2v) is 7.80. The lowest BCUT2D eigenvalue weighted by Crippen LogP contribution is -2.33. The number of thioether (sulfide) groups is 1. The molecule has 0 saturated carbocycles. The van der Waals surface area contributed by atoms with Crippen molar-refractivity contribution >= 4 is 17.7 Å². The van der Waals surface area contributed by atoms with Crippen molar-refractivity contribution < 1.29 is 4.79 Å². The zero-order valence-electron chi connectivity index (χ0n) is 14.1. The molecule has 1 N–H and O–H groups in total. The average Bonchev–Trinajstić information content (AvgIpc) is 2.44. The first-order valence-corrected chi connectivity index (χ1v) is 8.75. The molecule has 1 amide bonds. The van der Waals surface area contributed by atoms with Crippen LogP contribution in [0.1, 0.15) is 51.8 Å². The Hall–Kier alpha value is -1.47. The molecule has 3 nitrogen and oxygen atoms in total. The lowest BCUT2D eigenvalue weighted by Gasteiger charge is -2.25. The van der Waals surface area contributed by atoms with E-state index in [2.05, 4.69) is 64.2 Å². The van der Waals surface area contributed by atoms with Gasteiger partial charge in [0.05, 0.1) is 23.6 Å². The normalized spacial score (nSPS) is 12.8. The second-order valence-electron chi connectivity index (χ2n) is 6.81. The topological polar surface area (TPSA) is 52.9 Å². The Morgan fingerprint density at radius 2 is 1.86 bits per heavy atom. The van der Waals surface area contributed by atoms with E-state index >= 15 is 0 Å². The molecule has 0 aliphatic heterocycles. The van der Waals surface area contributed by atoms with E-state index in [0.717, 1.165) is 5.56 Å². The number of benzene rings is 1. The van der Waals surface area contributed by atoms with E-state index in [9.17, 15) is 4.79 Å². The number of carbonyl (C=O) groups excluding carboxylic acids is 1. The number of rotatable bonds is 6. The van der Waals surface area contributed by atoms with Gasteiger partial charge in [-0.3, -0.25) is 4.79 Å². The smallest absolute Gasteiger partial charge is 0.230 e. The number of carbonyl (C=O) groups is 1. The third kappa shape index (κ3) is 5.73. The van der Waals surface area contributed by atoms with Crippen LogP contribution in [0.2, 0.25) is 0 Å². The molecule has 0 aliphatic rings. The molecule has 1 rings (SSSR count). The molecule has 0 fully saturated rings. The summed E-state index contributed by atoms with van der Waals surface area (Å²) in [5.41, 5.74) is 2.54. The lowest BCUT2D eigenvalue weighted by molar-refractivity contribution is -0.119. The summed E-state index contributed by atoms with van der Waals surface area (Å²) in [5, 5.41) is 11.6. The number of amides is 1. The molecule has 0 unspecified atom stereocenters. The number of hydrogen-bond acceptors (Lipinski definition) is 3. The summed E-state index contributed by atoms with van der Waals surface area (Å²) in [6, 6.07) is 10.5. The van der Waals surface area contributed by atoms with Crippen LogP contribution in [0.5, 0.6) is 0 Å². The summed E-state index contributed by atoms with van der Waals surface area (Å²) in [6.45, 7) is 10.8. The maximum absolute atomic E-state index is 12.0. The SMILES string of the molecule is CC(C)[C@H](NC(=O)CSCC#N)c1ccc(C(C)(C)C)cc1. The molecule has 0 heterocycles. The molecule has 22 heavy (non-hydrogen) atoms. The van der Waals surface area contributed by atoms with Crippen LogP contribution in [-0.4, -0.2) is 17.4 Å². The van der Waals surface area contributed by atoms with Crippen molar-refractivity contribution in [3.8, 4) is 6.07 Å². The molecule has 0 saturated heterocycles. The predicted molar refractivity (Wildman–Crippen MR) is 93.8 cm³/mol. The quantitative estimate of drug-likeness (QED) is 0.805. The molecule has 1 aromatic rings. The van der Waals surface area contributed by atoms with Crippen molar-refractivity contribution in [3.05, 3.63) is 35.4 Å². The molecule has 0 radical (unpaired) electrons. The monoisotopic (exact) mass is 318 g/mol. The predicted octanol–water partition coefficient (Wildman–Crippen LogP) is 4.05. The van der Waals surface area contributed by atoms with E-state index in [0.29, 0.717) is 17.4 Å². The summed E-state index contributed by atoms with van der Waals surface area (Å²) in [5.74, 6) is 0.973. The molecule has 4 heteroatoms. The van der Waals surface area contributed by atoms with Crippen LogP contribution in [0.3, 0.4) is 0 Å². The van der Waals surface area contributed by atoms with Gasteiger partial charge < -0.3 is 5.32 Å². The highest BCUT2D eigenvalue weighted by Gasteiger charge is 2.19. The molecular weight excluding hydrogens is 292 g/mol. The maximum atomic E-state index is 12.0. The summed E-state index contributed by atoms with van der Waals surface area (Å²) < 4.78 is 0. The Balaban J connectivity index is 2.79. The maximum Gasteiger partial charge on any atom is 0.230 e. The summed E-state index contributed by atoms with van der Waals surface area (Å²) in [7, 11) is 0. The van der Waals surface area contributed by atoms with Crippen LogP contribution in [0, 0.1) is 17.2 Å². The van der Waals surface area contributed by atoms with Crippen LogP contribution in [0.4, 0.5) is 0 Å². The summed E-state index contributed by atoms with van der Waals surface area (Å²) in [6.07, 6.45) is 0. The van der Waals surface area contributed by atoms with Gasteiger partial charge in [0.15, 0.2) is 0 Å². The summed E-state index contributed by atoms with van der Waals surface area (Å²) in [4.78, 5) is 12.0. The Morgan fingerprint density at radius 3 is 2.32 bits per heavy atom. The highest BCUT2D eigenvalue weighted by atomic mass is 32.2. The fourth-order valence-electron chi connectivity index (χ4n) is 2.23.